The Kier molecular flexibility index (Phi) is 5.53. The molecule has 2 aromatic heterocycles. The molecular weight excluding hydrogens is 406 g/mol. The molecule has 4 rings (SSSR count). The van der Waals surface area contributed by atoms with E-state index >= 15 is 0 Å². The molecule has 0 N–H and O–H groups in total. The van der Waals surface area contributed by atoms with Crippen LogP contribution in [-0.4, -0.2) is 47.3 Å². The number of carbonyl (C=O) groups excluding carboxylic acids is 1. The highest BCUT2D eigenvalue weighted by atomic mass is 35.5. The van der Waals surface area contributed by atoms with Crippen LogP contribution in [0.25, 0.3) is 17.1 Å². The van der Waals surface area contributed by atoms with Gasteiger partial charge in [0.1, 0.15) is 6.33 Å². The van der Waals surface area contributed by atoms with Gasteiger partial charge in [0.2, 0.25) is 11.8 Å². The Morgan fingerprint density at radius 1 is 1.17 bits per heavy atom. The van der Waals surface area contributed by atoms with Gasteiger partial charge in [-0.15, -0.1) is 15.3 Å². The molecule has 0 fully saturated rings. The Bertz CT molecular complexity index is 1160. The molecule has 4 aromatic rings. The number of benzene rings is 2. The minimum atomic E-state index is -0.169. The Balaban J connectivity index is 1.57. The molecule has 0 bridgehead atoms. The summed E-state index contributed by atoms with van der Waals surface area (Å²) in [6.45, 7) is 4.02. The second-order valence-corrected chi connectivity index (χ2v) is 7.22. The fourth-order valence-corrected chi connectivity index (χ4v) is 3.14. The van der Waals surface area contributed by atoms with Crippen molar-refractivity contribution in [3.8, 4) is 17.1 Å². The van der Waals surface area contributed by atoms with E-state index < -0.39 is 0 Å². The van der Waals surface area contributed by atoms with Crippen molar-refractivity contribution in [2.24, 2.45) is 0 Å². The molecule has 0 aliphatic heterocycles. The van der Waals surface area contributed by atoms with E-state index in [0.29, 0.717) is 33.6 Å². The zero-order valence-corrected chi connectivity index (χ0v) is 17.1. The summed E-state index contributed by atoms with van der Waals surface area (Å²) in [6, 6.07) is 14.2. The third kappa shape index (κ3) is 4.06. The maximum absolute atomic E-state index is 13.2. The summed E-state index contributed by atoms with van der Waals surface area (Å²) in [5.74, 6) is 0.466. The second-order valence-electron chi connectivity index (χ2n) is 6.81. The van der Waals surface area contributed by atoms with Gasteiger partial charge in [-0.2, -0.15) is 0 Å². The van der Waals surface area contributed by atoms with Crippen LogP contribution in [0.3, 0.4) is 0 Å². The molecule has 0 atom stereocenters. The van der Waals surface area contributed by atoms with Crippen LogP contribution in [0.4, 0.5) is 0 Å². The third-order valence-corrected chi connectivity index (χ3v) is 4.80. The lowest BCUT2D eigenvalue weighted by Gasteiger charge is -2.25. The van der Waals surface area contributed by atoms with Gasteiger partial charge in [0, 0.05) is 11.6 Å². The average molecular weight is 424 g/mol. The molecule has 10 heteroatoms. The van der Waals surface area contributed by atoms with Crippen LogP contribution in [0, 0.1) is 0 Å². The number of rotatable bonds is 6. The van der Waals surface area contributed by atoms with E-state index in [9.17, 15) is 4.79 Å². The van der Waals surface area contributed by atoms with Gasteiger partial charge in [-0.05, 0) is 54.6 Å². The summed E-state index contributed by atoms with van der Waals surface area (Å²) in [7, 11) is 0. The molecule has 1 amide bonds. The van der Waals surface area contributed by atoms with Gasteiger partial charge >= 0.3 is 0 Å². The Morgan fingerprint density at radius 3 is 2.73 bits per heavy atom. The molecule has 30 heavy (non-hydrogen) atoms. The van der Waals surface area contributed by atoms with Crippen molar-refractivity contribution in [3.05, 3.63) is 71.3 Å². The summed E-state index contributed by atoms with van der Waals surface area (Å²) in [4.78, 5) is 14.9. The van der Waals surface area contributed by atoms with E-state index in [1.165, 1.54) is 11.0 Å². The fourth-order valence-electron chi connectivity index (χ4n) is 2.92. The summed E-state index contributed by atoms with van der Waals surface area (Å²) in [5.41, 5.74) is 1.84. The van der Waals surface area contributed by atoms with Crippen molar-refractivity contribution in [1.82, 2.24) is 35.3 Å². The van der Waals surface area contributed by atoms with Crippen molar-refractivity contribution in [2.75, 3.05) is 0 Å². The first-order valence-corrected chi connectivity index (χ1v) is 9.62. The topological polar surface area (TPSA) is 103 Å². The average Bonchev–Trinajstić information content (AvgIpc) is 3.44. The van der Waals surface area contributed by atoms with Crippen molar-refractivity contribution in [3.63, 3.8) is 0 Å². The van der Waals surface area contributed by atoms with Gasteiger partial charge in [-0.25, -0.2) is 4.68 Å². The molecule has 0 radical (unpaired) electrons. The third-order valence-electron chi connectivity index (χ3n) is 4.47. The van der Waals surface area contributed by atoms with Crippen LogP contribution in [0.15, 0.2) is 59.3 Å². The molecule has 2 heterocycles. The lowest BCUT2D eigenvalue weighted by atomic mass is 10.1. The van der Waals surface area contributed by atoms with Gasteiger partial charge in [0.15, 0.2) is 0 Å². The van der Waals surface area contributed by atoms with Crippen molar-refractivity contribution < 1.29 is 9.21 Å². The highest BCUT2D eigenvalue weighted by Gasteiger charge is 2.23. The molecule has 152 valence electrons. The lowest BCUT2D eigenvalue weighted by molar-refractivity contribution is 0.0672. The number of carbonyl (C=O) groups is 1. The first-order valence-electron chi connectivity index (χ1n) is 9.24. The number of nitrogens with zero attached hydrogens (tertiary/aromatic N) is 7. The number of aromatic nitrogens is 6. The first kappa shape index (κ1) is 19.7. The zero-order valence-electron chi connectivity index (χ0n) is 16.3. The van der Waals surface area contributed by atoms with E-state index in [1.54, 1.807) is 35.2 Å². The largest absolute Gasteiger partial charge is 0.419 e. The minimum absolute atomic E-state index is 0.0927. The van der Waals surface area contributed by atoms with Crippen molar-refractivity contribution in [2.45, 2.75) is 26.4 Å². The molecule has 2 aromatic carbocycles. The van der Waals surface area contributed by atoms with E-state index in [0.717, 1.165) is 0 Å². The van der Waals surface area contributed by atoms with Crippen LogP contribution in [-0.2, 0) is 6.54 Å². The lowest BCUT2D eigenvalue weighted by Crippen LogP contribution is -2.36. The van der Waals surface area contributed by atoms with Gasteiger partial charge in [-0.1, -0.05) is 29.8 Å². The fraction of sp³-hybridized carbons (Fsp3) is 0.200. The Labute approximate surface area is 177 Å². The summed E-state index contributed by atoms with van der Waals surface area (Å²) in [6.07, 6.45) is 1.47. The van der Waals surface area contributed by atoms with Gasteiger partial charge < -0.3 is 9.32 Å². The van der Waals surface area contributed by atoms with E-state index in [-0.39, 0.29) is 18.5 Å². The first-order chi connectivity index (χ1) is 14.5. The normalized spacial score (nSPS) is 11.1. The SMILES string of the molecule is CC(C)N(Cc1nnc(-c2ccccc2Cl)o1)C(=O)c1cccc(-n2cnnn2)c1. The predicted molar refractivity (Wildman–Crippen MR) is 109 cm³/mol. The molecule has 0 saturated carbocycles. The molecular formula is C20H18ClN7O2. The van der Waals surface area contributed by atoms with E-state index in [1.807, 2.05) is 32.0 Å². The number of hydrogen-bond acceptors (Lipinski definition) is 7. The highest BCUT2D eigenvalue weighted by Crippen LogP contribution is 2.26. The quantitative estimate of drug-likeness (QED) is 0.468. The molecule has 9 nitrogen and oxygen atoms in total. The van der Waals surface area contributed by atoms with Gasteiger partial charge in [-0.3, -0.25) is 4.79 Å². The summed E-state index contributed by atoms with van der Waals surface area (Å²) < 4.78 is 7.26. The predicted octanol–water partition coefficient (Wildman–Crippen LogP) is 3.42. The number of hydrogen-bond donors (Lipinski definition) is 0. The van der Waals surface area contributed by atoms with E-state index in [2.05, 4.69) is 25.7 Å². The van der Waals surface area contributed by atoms with Crippen LogP contribution in [0.2, 0.25) is 5.02 Å². The van der Waals surface area contributed by atoms with Gasteiger partial charge in [0.05, 0.1) is 22.8 Å². The van der Waals surface area contributed by atoms with Crippen LogP contribution < -0.4 is 0 Å². The minimum Gasteiger partial charge on any atom is -0.419 e. The smallest absolute Gasteiger partial charge is 0.254 e. The van der Waals surface area contributed by atoms with E-state index in [4.69, 9.17) is 16.0 Å². The molecule has 0 aliphatic rings. The molecule has 0 aliphatic carbocycles. The van der Waals surface area contributed by atoms with Gasteiger partial charge in [0.25, 0.3) is 5.91 Å². The Hall–Kier alpha value is -3.59. The summed E-state index contributed by atoms with van der Waals surface area (Å²) in [5, 5.41) is 19.8. The Morgan fingerprint density at radius 2 is 2.00 bits per heavy atom. The monoisotopic (exact) mass is 423 g/mol. The molecule has 0 saturated heterocycles. The second kappa shape index (κ2) is 8.42. The zero-order chi connectivity index (χ0) is 21.1. The van der Waals surface area contributed by atoms with Crippen molar-refractivity contribution in [1.29, 1.82) is 0 Å². The summed E-state index contributed by atoms with van der Waals surface area (Å²) >= 11 is 6.20. The maximum Gasteiger partial charge on any atom is 0.254 e. The number of halogens is 1. The molecule has 0 spiro atoms. The van der Waals surface area contributed by atoms with Crippen molar-refractivity contribution >= 4 is 17.5 Å². The number of tetrazole rings is 1. The van der Waals surface area contributed by atoms with Crippen LogP contribution in [0.5, 0.6) is 0 Å². The number of amides is 1. The van der Waals surface area contributed by atoms with Crippen LogP contribution >= 0.6 is 11.6 Å². The maximum atomic E-state index is 13.2. The molecule has 0 unspecified atom stereocenters. The van der Waals surface area contributed by atoms with Crippen LogP contribution in [0.1, 0.15) is 30.1 Å². The highest BCUT2D eigenvalue weighted by molar-refractivity contribution is 6.33. The standard InChI is InChI=1S/C20H18ClN7O2/c1-13(2)27(11-18-23-24-19(30-18)16-8-3-4-9-17(16)21)20(29)14-6-5-7-15(10-14)28-12-22-25-26-28/h3-10,12-13H,11H2,1-2H3.